The molecule has 1 atom stereocenters. The molecule has 1 unspecified atom stereocenters. The SMILES string of the molecule is C1=CC(c2cccc3ccccc23)NC=C1c1c2ccccc2c(-c2ccc(-c3ccc(-c4ccccc4)cc3)cc2)c2ccccc12. The lowest BCUT2D eigenvalue weighted by molar-refractivity contribution is 0.755. The molecule has 0 saturated heterocycles. The van der Waals surface area contributed by atoms with Crippen LogP contribution >= 0.6 is 0 Å². The van der Waals surface area contributed by atoms with Gasteiger partial charge in [-0.1, -0.05) is 182 Å². The van der Waals surface area contributed by atoms with Crippen LogP contribution in [0.25, 0.3) is 71.3 Å². The second-order valence-corrected chi connectivity index (χ2v) is 12.5. The first kappa shape index (κ1) is 28.1. The van der Waals surface area contributed by atoms with Gasteiger partial charge in [0.25, 0.3) is 0 Å². The lowest BCUT2D eigenvalue weighted by Gasteiger charge is -2.23. The maximum absolute atomic E-state index is 3.74. The first-order valence-corrected chi connectivity index (χ1v) is 16.6. The number of fused-ring (bicyclic) bond motifs is 3. The van der Waals surface area contributed by atoms with Crippen LogP contribution in [0, 0.1) is 0 Å². The molecule has 0 aliphatic carbocycles. The Morgan fingerprint density at radius 1 is 0.354 bits per heavy atom. The fourth-order valence-electron chi connectivity index (χ4n) is 7.42. The van der Waals surface area contributed by atoms with E-state index < -0.39 is 0 Å². The van der Waals surface area contributed by atoms with Gasteiger partial charge in [-0.25, -0.2) is 0 Å². The van der Waals surface area contributed by atoms with Crippen LogP contribution in [-0.2, 0) is 0 Å². The van der Waals surface area contributed by atoms with Gasteiger partial charge in [0, 0.05) is 6.20 Å². The van der Waals surface area contributed by atoms with E-state index in [2.05, 4.69) is 194 Å². The van der Waals surface area contributed by atoms with E-state index >= 15 is 0 Å². The van der Waals surface area contributed by atoms with Gasteiger partial charge in [0.2, 0.25) is 0 Å². The van der Waals surface area contributed by atoms with Crippen LogP contribution in [0.1, 0.15) is 17.2 Å². The van der Waals surface area contributed by atoms with Crippen molar-refractivity contribution in [3.8, 4) is 33.4 Å². The summed E-state index contributed by atoms with van der Waals surface area (Å²) in [6.45, 7) is 0. The van der Waals surface area contributed by atoms with E-state index in [1.54, 1.807) is 0 Å². The van der Waals surface area contributed by atoms with Crippen molar-refractivity contribution < 1.29 is 0 Å². The topological polar surface area (TPSA) is 12.0 Å². The fraction of sp³-hybridized carbons (Fsp3) is 0.0213. The summed E-state index contributed by atoms with van der Waals surface area (Å²) in [6, 6.07) is 61.5. The number of benzene rings is 8. The van der Waals surface area contributed by atoms with Crippen molar-refractivity contribution in [2.45, 2.75) is 6.04 Å². The Bertz CT molecular complexity index is 2440. The lowest BCUT2D eigenvalue weighted by atomic mass is 9.85. The van der Waals surface area contributed by atoms with Crippen LogP contribution in [0.5, 0.6) is 0 Å². The molecule has 9 rings (SSSR count). The predicted octanol–water partition coefficient (Wildman–Crippen LogP) is 12.4. The molecule has 8 aromatic carbocycles. The molecular formula is C47H33N. The molecule has 1 aliphatic rings. The number of rotatable bonds is 5. The number of nitrogens with one attached hydrogen (secondary N) is 1. The normalized spacial score (nSPS) is 14.2. The zero-order valence-corrected chi connectivity index (χ0v) is 26.5. The highest BCUT2D eigenvalue weighted by molar-refractivity contribution is 6.19. The highest BCUT2D eigenvalue weighted by Crippen LogP contribution is 2.43. The largest absolute Gasteiger partial charge is 0.380 e. The monoisotopic (exact) mass is 611 g/mol. The molecule has 226 valence electrons. The van der Waals surface area contributed by atoms with Gasteiger partial charge in [0.05, 0.1) is 6.04 Å². The molecule has 1 aliphatic heterocycles. The Kier molecular flexibility index (Phi) is 6.95. The summed E-state index contributed by atoms with van der Waals surface area (Å²) in [7, 11) is 0. The van der Waals surface area contributed by atoms with Gasteiger partial charge < -0.3 is 5.32 Å². The van der Waals surface area contributed by atoms with E-state index in [1.807, 2.05) is 0 Å². The summed E-state index contributed by atoms with van der Waals surface area (Å²) < 4.78 is 0. The average Bonchev–Trinajstić information content (AvgIpc) is 3.17. The number of hydrogen-bond acceptors (Lipinski definition) is 1. The summed E-state index contributed by atoms with van der Waals surface area (Å²) in [5.74, 6) is 0. The van der Waals surface area contributed by atoms with Gasteiger partial charge in [-0.05, 0) is 82.4 Å². The quantitative estimate of drug-likeness (QED) is 0.191. The summed E-state index contributed by atoms with van der Waals surface area (Å²) >= 11 is 0. The summed E-state index contributed by atoms with van der Waals surface area (Å²) in [6.07, 6.45) is 6.81. The highest BCUT2D eigenvalue weighted by Gasteiger charge is 2.20. The van der Waals surface area contributed by atoms with Gasteiger partial charge in [0.1, 0.15) is 0 Å². The molecule has 0 bridgehead atoms. The second-order valence-electron chi connectivity index (χ2n) is 12.5. The van der Waals surface area contributed by atoms with Gasteiger partial charge in [-0.2, -0.15) is 0 Å². The van der Waals surface area contributed by atoms with E-state index in [-0.39, 0.29) is 6.04 Å². The van der Waals surface area contributed by atoms with Crippen molar-refractivity contribution in [1.82, 2.24) is 5.32 Å². The molecule has 0 spiro atoms. The first-order valence-electron chi connectivity index (χ1n) is 16.6. The summed E-state index contributed by atoms with van der Waals surface area (Å²) in [5, 5.41) is 11.3. The van der Waals surface area contributed by atoms with Crippen molar-refractivity contribution >= 4 is 37.9 Å². The lowest BCUT2D eigenvalue weighted by Crippen LogP contribution is -2.17. The fourth-order valence-corrected chi connectivity index (χ4v) is 7.42. The highest BCUT2D eigenvalue weighted by atomic mass is 14.9. The maximum atomic E-state index is 3.74. The van der Waals surface area contributed by atoms with Crippen molar-refractivity contribution in [3.05, 3.63) is 199 Å². The Labute approximate surface area is 281 Å². The Hall–Kier alpha value is -6.18. The molecule has 1 nitrogen and oxygen atoms in total. The minimum atomic E-state index is 0.115. The Balaban J connectivity index is 1.10. The zero-order chi connectivity index (χ0) is 31.9. The Morgan fingerprint density at radius 3 is 1.38 bits per heavy atom. The van der Waals surface area contributed by atoms with E-state index in [4.69, 9.17) is 0 Å². The molecule has 0 aromatic heterocycles. The third-order valence-electron chi connectivity index (χ3n) is 9.76. The van der Waals surface area contributed by atoms with Crippen molar-refractivity contribution in [3.63, 3.8) is 0 Å². The van der Waals surface area contributed by atoms with Crippen molar-refractivity contribution in [1.29, 1.82) is 0 Å². The van der Waals surface area contributed by atoms with Gasteiger partial charge in [0.15, 0.2) is 0 Å². The van der Waals surface area contributed by atoms with E-state index in [9.17, 15) is 0 Å². The summed E-state index contributed by atoms with van der Waals surface area (Å²) in [5.41, 5.74) is 11.2. The number of hydrogen-bond donors (Lipinski definition) is 1. The molecule has 0 fully saturated rings. The smallest absolute Gasteiger partial charge is 0.0702 e. The van der Waals surface area contributed by atoms with Gasteiger partial charge >= 0.3 is 0 Å². The average molecular weight is 612 g/mol. The van der Waals surface area contributed by atoms with Crippen LogP contribution < -0.4 is 5.32 Å². The van der Waals surface area contributed by atoms with E-state index in [0.717, 1.165) is 0 Å². The van der Waals surface area contributed by atoms with Crippen LogP contribution in [0.15, 0.2) is 188 Å². The molecule has 0 radical (unpaired) electrons. The van der Waals surface area contributed by atoms with Gasteiger partial charge in [-0.3, -0.25) is 0 Å². The molecule has 8 aromatic rings. The maximum Gasteiger partial charge on any atom is 0.0702 e. The predicted molar refractivity (Wildman–Crippen MR) is 205 cm³/mol. The molecule has 0 saturated carbocycles. The van der Waals surface area contributed by atoms with Crippen LogP contribution in [0.4, 0.5) is 0 Å². The molecule has 1 heteroatoms. The van der Waals surface area contributed by atoms with Gasteiger partial charge in [-0.15, -0.1) is 0 Å². The zero-order valence-electron chi connectivity index (χ0n) is 26.5. The second kappa shape index (κ2) is 11.9. The molecule has 1 N–H and O–H groups in total. The molecule has 48 heavy (non-hydrogen) atoms. The van der Waals surface area contributed by atoms with E-state index in [1.165, 1.54) is 82.4 Å². The minimum Gasteiger partial charge on any atom is -0.380 e. The van der Waals surface area contributed by atoms with Crippen LogP contribution in [0.2, 0.25) is 0 Å². The van der Waals surface area contributed by atoms with E-state index in [0.29, 0.717) is 0 Å². The number of allylic oxidation sites excluding steroid dienone is 2. The third-order valence-corrected chi connectivity index (χ3v) is 9.76. The standard InChI is InChI=1S/C47H33N/c1-2-11-32(12-3-1)33-21-23-34(24-22-33)35-25-27-37(28-26-35)46-41-16-6-8-18-43(41)47(44-19-9-7-17-42(44)46)38-29-30-45(48-31-38)40-20-10-14-36-13-4-5-15-39(36)40/h1-31,45,48H. The minimum absolute atomic E-state index is 0.115. The van der Waals surface area contributed by atoms with Crippen molar-refractivity contribution in [2.75, 3.05) is 0 Å². The first-order chi connectivity index (χ1) is 23.8. The van der Waals surface area contributed by atoms with Crippen LogP contribution in [0.3, 0.4) is 0 Å². The molecule has 0 amide bonds. The third kappa shape index (κ3) is 4.89. The van der Waals surface area contributed by atoms with Crippen molar-refractivity contribution in [2.24, 2.45) is 0 Å². The summed E-state index contributed by atoms with van der Waals surface area (Å²) in [4.78, 5) is 0. The van der Waals surface area contributed by atoms with Crippen LogP contribution in [-0.4, -0.2) is 0 Å². The molecular weight excluding hydrogens is 579 g/mol. The molecule has 1 heterocycles. The Morgan fingerprint density at radius 2 is 0.812 bits per heavy atom. The number of dihydropyridines is 1.